The third-order valence-corrected chi connectivity index (χ3v) is 6.22. The number of esters is 1. The number of rotatable bonds is 8. The Balaban J connectivity index is 1.34. The predicted molar refractivity (Wildman–Crippen MR) is 120 cm³/mol. The minimum absolute atomic E-state index is 0.0302. The summed E-state index contributed by atoms with van der Waals surface area (Å²) >= 11 is 0. The molecular formula is C26H27NO6. The molecule has 2 atom stereocenters. The Morgan fingerprint density at radius 3 is 2.36 bits per heavy atom. The number of Topliss-reactive ketones (excluding diaryl/α,β-unsaturated/α-hetero) is 1. The average molecular weight is 450 g/mol. The van der Waals surface area contributed by atoms with Gasteiger partial charge in [-0.05, 0) is 43.5 Å². The molecule has 1 aliphatic heterocycles. The van der Waals surface area contributed by atoms with Gasteiger partial charge >= 0.3 is 5.97 Å². The second-order valence-corrected chi connectivity index (χ2v) is 8.51. The molecule has 2 aromatic rings. The lowest BCUT2D eigenvalue weighted by atomic mass is 9.87. The van der Waals surface area contributed by atoms with E-state index in [0.717, 1.165) is 30.6 Å². The molecule has 1 aliphatic carbocycles. The summed E-state index contributed by atoms with van der Waals surface area (Å²) in [5.74, 6) is -0.500. The number of ketones is 1. The van der Waals surface area contributed by atoms with Crippen LogP contribution >= 0.6 is 0 Å². The second kappa shape index (κ2) is 9.98. The minimum atomic E-state index is -0.365. The summed E-state index contributed by atoms with van der Waals surface area (Å²) in [7, 11) is 0. The summed E-state index contributed by atoms with van der Waals surface area (Å²) in [6, 6.07) is 13.6. The smallest absolute Gasteiger partial charge is 0.302 e. The Labute approximate surface area is 192 Å². The van der Waals surface area contributed by atoms with Crippen LogP contribution in [0, 0.1) is 5.92 Å². The van der Waals surface area contributed by atoms with Crippen LogP contribution in [0.15, 0.2) is 48.5 Å². The van der Waals surface area contributed by atoms with Gasteiger partial charge in [0, 0.05) is 31.4 Å². The van der Waals surface area contributed by atoms with Gasteiger partial charge in [0.2, 0.25) is 0 Å². The van der Waals surface area contributed by atoms with Gasteiger partial charge < -0.3 is 9.47 Å². The molecule has 0 aromatic heterocycles. The van der Waals surface area contributed by atoms with E-state index >= 15 is 0 Å². The van der Waals surface area contributed by atoms with Crippen molar-refractivity contribution in [3.8, 4) is 5.75 Å². The van der Waals surface area contributed by atoms with E-state index in [1.165, 1.54) is 6.92 Å². The lowest BCUT2D eigenvalue weighted by Crippen LogP contribution is -2.33. The first kappa shape index (κ1) is 22.7. The van der Waals surface area contributed by atoms with E-state index < -0.39 is 0 Å². The maximum Gasteiger partial charge on any atom is 0.302 e. The molecule has 172 valence electrons. The molecule has 2 aliphatic rings. The number of ether oxygens (including phenoxy) is 2. The first-order valence-corrected chi connectivity index (χ1v) is 11.3. The molecule has 1 saturated carbocycles. The van der Waals surface area contributed by atoms with Crippen molar-refractivity contribution in [3.05, 3.63) is 65.2 Å². The highest BCUT2D eigenvalue weighted by Gasteiger charge is 2.35. The number of carbonyl (C=O) groups is 4. The second-order valence-electron chi connectivity index (χ2n) is 8.51. The van der Waals surface area contributed by atoms with Crippen molar-refractivity contribution in [2.75, 3.05) is 13.2 Å². The van der Waals surface area contributed by atoms with E-state index in [0.29, 0.717) is 29.0 Å². The Hall–Kier alpha value is -3.48. The summed E-state index contributed by atoms with van der Waals surface area (Å²) in [4.78, 5) is 50.2. The van der Waals surface area contributed by atoms with Gasteiger partial charge in [-0.15, -0.1) is 0 Å². The number of nitrogens with zero attached hydrogens (tertiary/aromatic N) is 1. The van der Waals surface area contributed by atoms with E-state index in [9.17, 15) is 19.2 Å². The maximum atomic E-state index is 12.8. The van der Waals surface area contributed by atoms with Crippen molar-refractivity contribution in [1.82, 2.24) is 4.90 Å². The van der Waals surface area contributed by atoms with Crippen LogP contribution in [-0.4, -0.2) is 47.7 Å². The molecule has 0 bridgehead atoms. The quantitative estimate of drug-likeness (QED) is 0.343. The van der Waals surface area contributed by atoms with Crippen molar-refractivity contribution >= 4 is 23.6 Å². The van der Waals surface area contributed by atoms with E-state index in [-0.39, 0.29) is 48.6 Å². The Morgan fingerprint density at radius 1 is 0.970 bits per heavy atom. The normalized spacial score (nSPS) is 19.8. The zero-order chi connectivity index (χ0) is 23.4. The van der Waals surface area contributed by atoms with E-state index in [4.69, 9.17) is 9.47 Å². The predicted octanol–water partition coefficient (Wildman–Crippen LogP) is 4.06. The van der Waals surface area contributed by atoms with Crippen LogP contribution in [0.1, 0.15) is 70.1 Å². The highest BCUT2D eigenvalue weighted by atomic mass is 16.5. The fourth-order valence-electron chi connectivity index (χ4n) is 4.50. The molecule has 0 unspecified atom stereocenters. The minimum Gasteiger partial charge on any atom is -0.493 e. The van der Waals surface area contributed by atoms with Crippen LogP contribution in [0.3, 0.4) is 0 Å². The van der Waals surface area contributed by atoms with Crippen LogP contribution in [0.2, 0.25) is 0 Å². The molecule has 0 N–H and O–H groups in total. The fraction of sp³-hybridized carbons (Fsp3) is 0.385. The lowest BCUT2D eigenvalue weighted by Gasteiger charge is -2.30. The lowest BCUT2D eigenvalue weighted by molar-refractivity contribution is -0.151. The van der Waals surface area contributed by atoms with Gasteiger partial charge in [-0.2, -0.15) is 0 Å². The molecule has 4 rings (SSSR count). The molecule has 7 nitrogen and oxygen atoms in total. The molecule has 0 saturated heterocycles. The number of carbonyl (C=O) groups excluding carboxylic acids is 4. The van der Waals surface area contributed by atoms with Gasteiger partial charge in [-0.1, -0.05) is 30.7 Å². The largest absolute Gasteiger partial charge is 0.493 e. The van der Waals surface area contributed by atoms with Crippen LogP contribution < -0.4 is 4.74 Å². The van der Waals surface area contributed by atoms with E-state index in [1.54, 1.807) is 48.5 Å². The summed E-state index contributed by atoms with van der Waals surface area (Å²) in [6.45, 7) is 1.86. The van der Waals surface area contributed by atoms with Gasteiger partial charge in [0.15, 0.2) is 5.78 Å². The summed E-state index contributed by atoms with van der Waals surface area (Å²) in [5.41, 5.74) is 1.21. The summed E-state index contributed by atoms with van der Waals surface area (Å²) < 4.78 is 11.4. The third-order valence-electron chi connectivity index (χ3n) is 6.22. The molecule has 7 heteroatoms. The van der Waals surface area contributed by atoms with Gasteiger partial charge in [-0.3, -0.25) is 24.1 Å². The summed E-state index contributed by atoms with van der Waals surface area (Å²) in [6.07, 6.45) is 3.77. The van der Waals surface area contributed by atoms with Gasteiger partial charge in [-0.25, -0.2) is 0 Å². The number of fused-ring (bicyclic) bond motifs is 1. The maximum absolute atomic E-state index is 12.8. The Morgan fingerprint density at radius 2 is 1.67 bits per heavy atom. The van der Waals surface area contributed by atoms with Gasteiger partial charge in [0.1, 0.15) is 11.9 Å². The fourth-order valence-corrected chi connectivity index (χ4v) is 4.50. The topological polar surface area (TPSA) is 90.0 Å². The molecule has 33 heavy (non-hydrogen) atoms. The molecule has 1 fully saturated rings. The molecular weight excluding hydrogens is 422 g/mol. The number of hydrogen-bond donors (Lipinski definition) is 0. The first-order valence-electron chi connectivity index (χ1n) is 11.3. The number of amides is 2. The molecule has 0 radical (unpaired) electrons. The van der Waals surface area contributed by atoms with Gasteiger partial charge in [0.25, 0.3) is 11.8 Å². The van der Waals surface area contributed by atoms with Crippen LogP contribution in [0.5, 0.6) is 5.75 Å². The van der Waals surface area contributed by atoms with Gasteiger partial charge in [0.05, 0.1) is 17.7 Å². The van der Waals surface area contributed by atoms with Crippen molar-refractivity contribution < 1.29 is 28.7 Å². The zero-order valence-electron chi connectivity index (χ0n) is 18.6. The van der Waals surface area contributed by atoms with Crippen LogP contribution in [0.4, 0.5) is 0 Å². The Kier molecular flexibility index (Phi) is 6.87. The first-order chi connectivity index (χ1) is 15.9. The van der Waals surface area contributed by atoms with Crippen molar-refractivity contribution in [2.45, 2.75) is 45.1 Å². The Bertz CT molecular complexity index is 1040. The van der Waals surface area contributed by atoms with Crippen molar-refractivity contribution in [1.29, 1.82) is 0 Å². The monoisotopic (exact) mass is 449 g/mol. The molecule has 2 amide bonds. The standard InChI is InChI=1S/C26H27NO6/c1-17(28)33-24-12-5-2-7-19(24)16-32-20-9-6-8-18(15-20)23(29)13-14-27-25(30)21-10-3-4-11-22(21)26(27)31/h3-4,6,8-11,15,19,24H,2,5,7,12-14,16H2,1H3/t19-,24-/m0/s1. The number of benzene rings is 2. The van der Waals surface area contributed by atoms with E-state index in [1.807, 2.05) is 0 Å². The third kappa shape index (κ3) is 5.13. The zero-order valence-corrected chi connectivity index (χ0v) is 18.6. The molecule has 2 aromatic carbocycles. The highest BCUT2D eigenvalue weighted by Crippen LogP contribution is 2.28. The average Bonchev–Trinajstić information content (AvgIpc) is 3.06. The SMILES string of the molecule is CC(=O)O[C@H]1CCCC[C@H]1COc1cccc(C(=O)CCN2C(=O)c3ccccc3C2=O)c1. The molecule has 1 heterocycles. The van der Waals surface area contributed by atoms with Crippen LogP contribution in [0.25, 0.3) is 0 Å². The van der Waals surface area contributed by atoms with Crippen molar-refractivity contribution in [2.24, 2.45) is 5.92 Å². The van der Waals surface area contributed by atoms with Crippen molar-refractivity contribution in [3.63, 3.8) is 0 Å². The van der Waals surface area contributed by atoms with Crippen LogP contribution in [-0.2, 0) is 9.53 Å². The number of hydrogen-bond acceptors (Lipinski definition) is 6. The highest BCUT2D eigenvalue weighted by molar-refractivity contribution is 6.21. The summed E-state index contributed by atoms with van der Waals surface area (Å²) in [5, 5.41) is 0. The number of imide groups is 1. The van der Waals surface area contributed by atoms with E-state index in [2.05, 4.69) is 0 Å². The molecule has 0 spiro atoms.